The van der Waals surface area contributed by atoms with E-state index in [1.807, 2.05) is 30.3 Å². The molecule has 0 saturated carbocycles. The molecule has 0 bridgehead atoms. The van der Waals surface area contributed by atoms with E-state index in [1.165, 1.54) is 20.9 Å². The number of ketones is 1. The van der Waals surface area contributed by atoms with E-state index in [-0.39, 0.29) is 10.6 Å². The second-order valence-electron chi connectivity index (χ2n) is 5.08. The van der Waals surface area contributed by atoms with Crippen molar-refractivity contribution in [3.8, 4) is 0 Å². The van der Waals surface area contributed by atoms with Crippen molar-refractivity contribution < 1.29 is 4.79 Å². The number of Topliss-reactive ketones (excluding diaryl/α,β-unsaturated/α-hetero) is 1. The Morgan fingerprint density at radius 3 is 2.50 bits per heavy atom. The smallest absolute Gasteiger partial charge is 0.177 e. The van der Waals surface area contributed by atoms with Crippen LogP contribution in [0.15, 0.2) is 36.4 Å². The highest BCUT2D eigenvalue weighted by atomic mass is 79.9. The van der Waals surface area contributed by atoms with E-state index < -0.39 is 0 Å². The minimum atomic E-state index is -0.0905. The number of carbonyl (C=O) groups excluding carboxylic acids is 1. The van der Waals surface area contributed by atoms with Crippen molar-refractivity contribution in [2.75, 3.05) is 0 Å². The van der Waals surface area contributed by atoms with Gasteiger partial charge in [0.05, 0.1) is 4.83 Å². The molecule has 1 aliphatic rings. The number of hydrogen-bond acceptors (Lipinski definition) is 2. The lowest BCUT2D eigenvalue weighted by atomic mass is 9.97. The number of allylic oxidation sites excluding steroid dienone is 2. The van der Waals surface area contributed by atoms with Crippen LogP contribution >= 0.6 is 27.3 Å². The minimum absolute atomic E-state index is 0.0905. The molecular weight excluding hydrogens is 332 g/mol. The first-order valence-electron chi connectivity index (χ1n) is 6.62. The van der Waals surface area contributed by atoms with Crippen LogP contribution in [0.1, 0.15) is 27.3 Å². The number of aryl methyl sites for hydroxylation is 2. The van der Waals surface area contributed by atoms with E-state index in [1.54, 1.807) is 11.3 Å². The van der Waals surface area contributed by atoms with Gasteiger partial charge in [-0.05, 0) is 43.0 Å². The highest BCUT2D eigenvalue weighted by molar-refractivity contribution is 9.10. The third-order valence-corrected chi connectivity index (χ3v) is 5.35. The van der Waals surface area contributed by atoms with Gasteiger partial charge in [-0.3, -0.25) is 4.79 Å². The van der Waals surface area contributed by atoms with Crippen LogP contribution in [0.3, 0.4) is 0 Å². The second-order valence-corrected chi connectivity index (χ2v) is 7.65. The standard InChI is InChI=1S/C17H15BrOS/c1-10-8-13(11(2)20-10)14-9-15(18)17(19)16(14)12-6-4-3-5-7-12/h3-8,15H,9H2,1-2H3. The summed E-state index contributed by atoms with van der Waals surface area (Å²) in [5.74, 6) is 0.203. The third kappa shape index (κ3) is 2.29. The number of rotatable bonds is 2. The first-order chi connectivity index (χ1) is 9.58. The summed E-state index contributed by atoms with van der Waals surface area (Å²) in [5.41, 5.74) is 4.33. The molecule has 3 rings (SSSR count). The Morgan fingerprint density at radius 2 is 1.90 bits per heavy atom. The summed E-state index contributed by atoms with van der Waals surface area (Å²) in [6.45, 7) is 4.25. The Labute approximate surface area is 131 Å². The van der Waals surface area contributed by atoms with Gasteiger partial charge < -0.3 is 0 Å². The van der Waals surface area contributed by atoms with Gasteiger partial charge in [-0.2, -0.15) is 0 Å². The molecule has 0 N–H and O–H groups in total. The Kier molecular flexibility index (Phi) is 3.65. The number of hydrogen-bond donors (Lipinski definition) is 0. The number of carbonyl (C=O) groups is 1. The predicted octanol–water partition coefficient (Wildman–Crippen LogP) is 5.01. The molecule has 3 heteroatoms. The summed E-state index contributed by atoms with van der Waals surface area (Å²) >= 11 is 5.32. The molecule has 20 heavy (non-hydrogen) atoms. The van der Waals surface area contributed by atoms with Crippen LogP contribution in [0.25, 0.3) is 11.1 Å². The second kappa shape index (κ2) is 5.30. The van der Waals surface area contributed by atoms with E-state index in [0.717, 1.165) is 17.6 Å². The van der Waals surface area contributed by atoms with Crippen LogP contribution in [-0.4, -0.2) is 10.6 Å². The molecule has 1 heterocycles. The lowest BCUT2D eigenvalue weighted by Crippen LogP contribution is -2.07. The first kappa shape index (κ1) is 13.8. The van der Waals surface area contributed by atoms with Gasteiger partial charge in [-0.25, -0.2) is 0 Å². The molecule has 1 nitrogen and oxygen atoms in total. The molecule has 0 saturated heterocycles. The summed E-state index contributed by atoms with van der Waals surface area (Å²) in [6.07, 6.45) is 0.778. The van der Waals surface area contributed by atoms with Gasteiger partial charge in [0.1, 0.15) is 0 Å². The highest BCUT2D eigenvalue weighted by Gasteiger charge is 2.33. The Morgan fingerprint density at radius 1 is 1.20 bits per heavy atom. The summed E-state index contributed by atoms with van der Waals surface area (Å²) in [7, 11) is 0. The maximum absolute atomic E-state index is 12.5. The van der Waals surface area contributed by atoms with Gasteiger partial charge in [0.25, 0.3) is 0 Å². The fourth-order valence-electron chi connectivity index (χ4n) is 2.78. The van der Waals surface area contributed by atoms with Crippen molar-refractivity contribution in [2.45, 2.75) is 25.1 Å². The first-order valence-corrected chi connectivity index (χ1v) is 8.35. The summed E-state index contributed by atoms with van der Waals surface area (Å²) in [4.78, 5) is 15.0. The fourth-order valence-corrected chi connectivity index (χ4v) is 4.28. The average molecular weight is 347 g/mol. The van der Waals surface area contributed by atoms with E-state index in [0.29, 0.717) is 0 Å². The van der Waals surface area contributed by atoms with Crippen LogP contribution in [0.4, 0.5) is 0 Å². The van der Waals surface area contributed by atoms with E-state index in [9.17, 15) is 4.79 Å². The van der Waals surface area contributed by atoms with Crippen molar-refractivity contribution in [2.24, 2.45) is 0 Å². The molecule has 0 fully saturated rings. The number of halogens is 1. The van der Waals surface area contributed by atoms with Crippen LogP contribution in [0.5, 0.6) is 0 Å². The zero-order chi connectivity index (χ0) is 14.3. The average Bonchev–Trinajstić information content (AvgIpc) is 2.91. The Balaban J connectivity index is 2.21. The Bertz CT molecular complexity index is 697. The van der Waals surface area contributed by atoms with Gasteiger partial charge in [0.2, 0.25) is 0 Å². The monoisotopic (exact) mass is 346 g/mol. The summed E-state index contributed by atoms with van der Waals surface area (Å²) in [5, 5.41) is 0. The zero-order valence-corrected chi connectivity index (χ0v) is 13.8. The number of benzene rings is 1. The third-order valence-electron chi connectivity index (χ3n) is 3.64. The molecule has 102 valence electrons. The number of alkyl halides is 1. The largest absolute Gasteiger partial charge is 0.293 e. The van der Waals surface area contributed by atoms with Crippen LogP contribution in [-0.2, 0) is 4.79 Å². The minimum Gasteiger partial charge on any atom is -0.293 e. The van der Waals surface area contributed by atoms with E-state index in [4.69, 9.17) is 0 Å². The molecule has 1 unspecified atom stereocenters. The molecule has 1 aromatic heterocycles. The molecule has 2 aromatic rings. The maximum Gasteiger partial charge on any atom is 0.177 e. The predicted molar refractivity (Wildman–Crippen MR) is 89.4 cm³/mol. The lowest BCUT2D eigenvalue weighted by molar-refractivity contribution is -0.112. The molecule has 1 aromatic carbocycles. The number of thiophene rings is 1. The van der Waals surface area contributed by atoms with Crippen LogP contribution in [0.2, 0.25) is 0 Å². The van der Waals surface area contributed by atoms with Crippen LogP contribution in [0, 0.1) is 13.8 Å². The van der Waals surface area contributed by atoms with Gasteiger partial charge in [0.15, 0.2) is 5.78 Å². The lowest BCUT2D eigenvalue weighted by Gasteiger charge is -2.06. The SMILES string of the molecule is Cc1cc(C2=C(c3ccccc3)C(=O)C(Br)C2)c(C)s1. The molecule has 0 spiro atoms. The van der Waals surface area contributed by atoms with Crippen molar-refractivity contribution in [3.63, 3.8) is 0 Å². The van der Waals surface area contributed by atoms with Gasteiger partial charge in [-0.1, -0.05) is 46.3 Å². The molecule has 0 radical (unpaired) electrons. The maximum atomic E-state index is 12.5. The van der Waals surface area contributed by atoms with E-state index in [2.05, 4.69) is 35.8 Å². The normalized spacial score (nSPS) is 18.9. The molecule has 1 aliphatic carbocycles. The fraction of sp³-hybridized carbons (Fsp3) is 0.235. The van der Waals surface area contributed by atoms with Gasteiger partial charge in [0, 0.05) is 15.3 Å². The summed E-state index contributed by atoms with van der Waals surface area (Å²) < 4.78 is 0. The molecular formula is C17H15BrOS. The van der Waals surface area contributed by atoms with Crippen molar-refractivity contribution >= 4 is 44.2 Å². The Hall–Kier alpha value is -1.19. The van der Waals surface area contributed by atoms with Crippen molar-refractivity contribution in [1.29, 1.82) is 0 Å². The molecule has 0 amide bonds. The summed E-state index contributed by atoms with van der Waals surface area (Å²) in [6, 6.07) is 12.2. The topological polar surface area (TPSA) is 17.1 Å². The highest BCUT2D eigenvalue weighted by Crippen LogP contribution is 2.42. The van der Waals surface area contributed by atoms with Gasteiger partial charge in [-0.15, -0.1) is 11.3 Å². The van der Waals surface area contributed by atoms with Crippen LogP contribution < -0.4 is 0 Å². The van der Waals surface area contributed by atoms with Crippen molar-refractivity contribution in [3.05, 3.63) is 57.3 Å². The van der Waals surface area contributed by atoms with E-state index >= 15 is 0 Å². The molecule has 0 aliphatic heterocycles. The molecule has 1 atom stereocenters. The van der Waals surface area contributed by atoms with Crippen molar-refractivity contribution in [1.82, 2.24) is 0 Å². The van der Waals surface area contributed by atoms with Gasteiger partial charge >= 0.3 is 0 Å². The zero-order valence-electron chi connectivity index (χ0n) is 11.4. The quantitative estimate of drug-likeness (QED) is 0.698.